The number of halogens is 2. The summed E-state index contributed by atoms with van der Waals surface area (Å²) in [6.45, 7) is -0.278. The molecule has 1 N–H and O–H groups in total. The van der Waals surface area contributed by atoms with E-state index >= 15 is 0 Å². The first kappa shape index (κ1) is 16.6. The molecule has 1 amide bonds. The van der Waals surface area contributed by atoms with Gasteiger partial charge in [0, 0.05) is 12.1 Å². The van der Waals surface area contributed by atoms with Crippen molar-refractivity contribution in [2.45, 2.75) is 32.1 Å². The van der Waals surface area contributed by atoms with Gasteiger partial charge in [0.05, 0.1) is 10.0 Å². The summed E-state index contributed by atoms with van der Waals surface area (Å²) < 4.78 is 5.09. The average molecular weight is 356 g/mol. The third kappa shape index (κ3) is 4.18. The quantitative estimate of drug-likeness (QED) is 0.801. The molecule has 124 valence electrons. The number of esters is 1. The highest BCUT2D eigenvalue weighted by molar-refractivity contribution is 6.42. The fraction of sp³-hybridized carbons (Fsp3) is 0.529. The zero-order chi connectivity index (χ0) is 16.4. The lowest BCUT2D eigenvalue weighted by Gasteiger charge is -2.20. The summed E-state index contributed by atoms with van der Waals surface area (Å²) in [5.41, 5.74) is 0.522. The molecule has 0 aromatic heterocycles. The van der Waals surface area contributed by atoms with Crippen molar-refractivity contribution in [2.75, 3.05) is 11.9 Å². The first-order valence-corrected chi connectivity index (χ1v) is 8.67. The van der Waals surface area contributed by atoms with E-state index in [1.54, 1.807) is 18.2 Å². The molecule has 23 heavy (non-hydrogen) atoms. The van der Waals surface area contributed by atoms with Crippen LogP contribution in [-0.2, 0) is 14.3 Å². The Morgan fingerprint density at radius 1 is 1.17 bits per heavy atom. The zero-order valence-corrected chi connectivity index (χ0v) is 14.2. The van der Waals surface area contributed by atoms with E-state index in [4.69, 9.17) is 27.9 Å². The normalized spacial score (nSPS) is 25.4. The van der Waals surface area contributed by atoms with Crippen molar-refractivity contribution in [1.82, 2.24) is 0 Å². The average Bonchev–Trinajstić information content (AvgIpc) is 3.12. The molecule has 2 aliphatic carbocycles. The molecule has 0 aliphatic heterocycles. The van der Waals surface area contributed by atoms with Crippen molar-refractivity contribution in [3.63, 3.8) is 0 Å². The number of amides is 1. The topological polar surface area (TPSA) is 55.4 Å². The van der Waals surface area contributed by atoms with Crippen molar-refractivity contribution in [2.24, 2.45) is 17.8 Å². The fourth-order valence-corrected chi connectivity index (χ4v) is 4.11. The van der Waals surface area contributed by atoms with Crippen LogP contribution in [0.5, 0.6) is 0 Å². The second-order valence-electron chi connectivity index (χ2n) is 6.48. The molecule has 4 nitrogen and oxygen atoms in total. The van der Waals surface area contributed by atoms with E-state index in [2.05, 4.69) is 5.32 Å². The van der Waals surface area contributed by atoms with Gasteiger partial charge in [-0.25, -0.2) is 0 Å². The standard InChI is InChI=1S/C17H19Cl2NO3/c18-14-4-3-13(8-15(14)19)20-16(21)9-23-17(22)7-12-6-10-1-2-11(12)5-10/h3-4,8,10-12H,1-2,5-7,9H2,(H,20,21)/t10-,11-,12-/m1/s1. The Kier molecular flexibility index (Phi) is 5.12. The van der Waals surface area contributed by atoms with Crippen molar-refractivity contribution in [1.29, 1.82) is 0 Å². The van der Waals surface area contributed by atoms with Crippen LogP contribution in [0.25, 0.3) is 0 Å². The molecule has 2 bridgehead atoms. The molecule has 1 aromatic rings. The van der Waals surface area contributed by atoms with Crippen LogP contribution in [0.15, 0.2) is 18.2 Å². The lowest BCUT2D eigenvalue weighted by molar-refractivity contribution is -0.148. The van der Waals surface area contributed by atoms with E-state index in [1.165, 1.54) is 19.3 Å². The van der Waals surface area contributed by atoms with E-state index in [1.807, 2.05) is 0 Å². The van der Waals surface area contributed by atoms with Crippen molar-refractivity contribution in [3.05, 3.63) is 28.2 Å². The monoisotopic (exact) mass is 355 g/mol. The summed E-state index contributed by atoms with van der Waals surface area (Å²) >= 11 is 11.7. The van der Waals surface area contributed by atoms with E-state index in [-0.39, 0.29) is 18.5 Å². The minimum atomic E-state index is -0.385. The maximum absolute atomic E-state index is 11.9. The first-order valence-electron chi connectivity index (χ1n) is 7.92. The number of fused-ring (bicyclic) bond motifs is 2. The number of rotatable bonds is 5. The van der Waals surface area contributed by atoms with Crippen LogP contribution in [0.3, 0.4) is 0 Å². The fourth-order valence-electron chi connectivity index (χ4n) is 3.82. The molecule has 3 rings (SSSR count). The minimum absolute atomic E-state index is 0.278. The highest BCUT2D eigenvalue weighted by atomic mass is 35.5. The summed E-state index contributed by atoms with van der Waals surface area (Å²) in [7, 11) is 0. The van der Waals surface area contributed by atoms with Gasteiger partial charge in [-0.15, -0.1) is 0 Å². The summed E-state index contributed by atoms with van der Waals surface area (Å²) in [6, 6.07) is 4.79. The van der Waals surface area contributed by atoms with Gasteiger partial charge in [0.15, 0.2) is 6.61 Å². The highest BCUT2D eigenvalue weighted by Gasteiger charge is 2.40. The number of ether oxygens (including phenoxy) is 1. The summed E-state index contributed by atoms with van der Waals surface area (Å²) in [4.78, 5) is 23.7. The second kappa shape index (κ2) is 7.10. The lowest BCUT2D eigenvalue weighted by atomic mass is 9.86. The summed E-state index contributed by atoms with van der Waals surface area (Å²) in [5, 5.41) is 3.40. The van der Waals surface area contributed by atoms with E-state index in [0.717, 1.165) is 12.3 Å². The molecule has 0 radical (unpaired) electrons. The van der Waals surface area contributed by atoms with Crippen LogP contribution < -0.4 is 5.32 Å². The molecule has 2 aliphatic rings. The summed E-state index contributed by atoms with van der Waals surface area (Å²) in [5.74, 6) is 1.25. The van der Waals surface area contributed by atoms with Crippen LogP contribution in [0.4, 0.5) is 5.69 Å². The predicted molar refractivity (Wildman–Crippen MR) is 89.6 cm³/mol. The first-order chi connectivity index (χ1) is 11.0. The molecule has 0 unspecified atom stereocenters. The predicted octanol–water partition coefficient (Wildman–Crippen LogP) is 4.30. The molecule has 3 atom stereocenters. The lowest BCUT2D eigenvalue weighted by Crippen LogP contribution is -2.23. The highest BCUT2D eigenvalue weighted by Crippen LogP contribution is 2.49. The number of nitrogens with one attached hydrogen (secondary N) is 1. The number of carbonyl (C=O) groups excluding carboxylic acids is 2. The van der Waals surface area contributed by atoms with Crippen LogP contribution in [0, 0.1) is 17.8 Å². The molecule has 1 aromatic carbocycles. The molecule has 6 heteroatoms. The number of anilines is 1. The van der Waals surface area contributed by atoms with Crippen molar-refractivity contribution < 1.29 is 14.3 Å². The van der Waals surface area contributed by atoms with Crippen molar-refractivity contribution in [3.8, 4) is 0 Å². The smallest absolute Gasteiger partial charge is 0.306 e. The van der Waals surface area contributed by atoms with Crippen LogP contribution >= 0.6 is 23.2 Å². The minimum Gasteiger partial charge on any atom is -0.456 e. The Bertz CT molecular complexity index is 620. The van der Waals surface area contributed by atoms with E-state index < -0.39 is 0 Å². The molecule has 0 heterocycles. The molecule has 2 fully saturated rings. The number of carbonyl (C=O) groups is 2. The van der Waals surface area contributed by atoms with E-state index in [9.17, 15) is 9.59 Å². The third-order valence-electron chi connectivity index (χ3n) is 4.88. The maximum atomic E-state index is 11.9. The third-order valence-corrected chi connectivity index (χ3v) is 5.62. The maximum Gasteiger partial charge on any atom is 0.306 e. The van der Waals surface area contributed by atoms with Gasteiger partial charge < -0.3 is 10.1 Å². The Morgan fingerprint density at radius 2 is 2.00 bits per heavy atom. The number of hydrogen-bond acceptors (Lipinski definition) is 3. The van der Waals surface area contributed by atoms with Crippen LogP contribution in [0.1, 0.15) is 32.1 Å². The Hall–Kier alpha value is -1.26. The van der Waals surface area contributed by atoms with Gasteiger partial charge in [-0.2, -0.15) is 0 Å². The SMILES string of the molecule is O=C(COC(=O)C[C@H]1C[C@@H]2CC[C@@H]1C2)Nc1ccc(Cl)c(Cl)c1. The Balaban J connectivity index is 1.41. The second-order valence-corrected chi connectivity index (χ2v) is 7.29. The number of hydrogen-bond donors (Lipinski definition) is 1. The molecular formula is C17H19Cl2NO3. The number of benzene rings is 1. The molecule has 0 spiro atoms. The van der Waals surface area contributed by atoms with Crippen molar-refractivity contribution >= 4 is 40.8 Å². The Labute approximate surface area is 145 Å². The largest absolute Gasteiger partial charge is 0.456 e. The van der Waals surface area contributed by atoms with Gasteiger partial charge in [-0.3, -0.25) is 9.59 Å². The molecule has 0 saturated heterocycles. The molecular weight excluding hydrogens is 337 g/mol. The van der Waals surface area contributed by atoms with Gasteiger partial charge in [-0.05, 0) is 55.2 Å². The van der Waals surface area contributed by atoms with Gasteiger partial charge in [0.25, 0.3) is 5.91 Å². The van der Waals surface area contributed by atoms with Gasteiger partial charge >= 0.3 is 5.97 Å². The Morgan fingerprint density at radius 3 is 2.65 bits per heavy atom. The van der Waals surface area contributed by atoms with Gasteiger partial charge in [0.2, 0.25) is 0 Å². The van der Waals surface area contributed by atoms with Gasteiger partial charge in [-0.1, -0.05) is 29.6 Å². The zero-order valence-electron chi connectivity index (χ0n) is 12.7. The molecule has 2 saturated carbocycles. The van der Waals surface area contributed by atoms with Crippen LogP contribution in [0.2, 0.25) is 10.0 Å². The summed E-state index contributed by atoms with van der Waals surface area (Å²) in [6.07, 6.45) is 5.37. The van der Waals surface area contributed by atoms with Crippen LogP contribution in [-0.4, -0.2) is 18.5 Å². The van der Waals surface area contributed by atoms with Gasteiger partial charge in [0.1, 0.15) is 0 Å². The van der Waals surface area contributed by atoms with E-state index in [0.29, 0.717) is 34.0 Å².